The molecule has 0 aliphatic rings. The summed E-state index contributed by atoms with van der Waals surface area (Å²) in [4.78, 5) is 32.4. The number of thioether (sulfide) groups is 2. The number of rotatable bonds is 16. The molecule has 7 aromatic rings. The molecule has 0 aliphatic heterocycles. The number of para-hydroxylation sites is 2. The molecule has 0 heterocycles. The van der Waals surface area contributed by atoms with Crippen molar-refractivity contribution in [2.75, 3.05) is 0 Å². The van der Waals surface area contributed by atoms with Crippen molar-refractivity contribution in [2.24, 2.45) is 30.4 Å². The zero-order chi connectivity index (χ0) is 45.9. The minimum Gasteiger partial charge on any atom is -0.507 e. The van der Waals surface area contributed by atoms with E-state index in [-0.39, 0.29) is 22.9 Å². The second-order valence-corrected chi connectivity index (χ2v) is 16.6. The third-order valence-corrected chi connectivity index (χ3v) is 12.3. The number of phenolic OH excluding ortho intramolecular Hbond substituents is 2. The van der Waals surface area contributed by atoms with Crippen molar-refractivity contribution in [3.63, 3.8) is 0 Å². The van der Waals surface area contributed by atoms with E-state index < -0.39 is 9.85 Å². The third-order valence-electron chi connectivity index (χ3n) is 10.2. The van der Waals surface area contributed by atoms with Crippen molar-refractivity contribution in [3.8, 4) is 11.5 Å². The Bertz CT molecular complexity index is 2810. The first-order chi connectivity index (χ1) is 31.4. The van der Waals surface area contributed by atoms with E-state index in [0.29, 0.717) is 45.4 Å². The van der Waals surface area contributed by atoms with Crippen LogP contribution in [0.1, 0.15) is 38.9 Å². The van der Waals surface area contributed by atoms with Crippen molar-refractivity contribution >= 4 is 81.5 Å². The van der Waals surface area contributed by atoms with E-state index in [2.05, 4.69) is 47.3 Å². The lowest BCUT2D eigenvalue weighted by molar-refractivity contribution is -0.385. The molecule has 2 N–H and O–H groups in total. The van der Waals surface area contributed by atoms with Crippen LogP contribution in [-0.2, 0) is 11.5 Å². The molecule has 0 radical (unpaired) electrons. The lowest BCUT2D eigenvalue weighted by Gasteiger charge is -2.18. The molecule has 16 heteroatoms. The molecule has 14 nitrogen and oxygen atoms in total. The number of non-ortho nitro benzene ring substituents is 2. The van der Waals surface area contributed by atoms with Crippen molar-refractivity contribution in [1.82, 2.24) is 0 Å². The van der Waals surface area contributed by atoms with Gasteiger partial charge in [0, 0.05) is 69.1 Å². The maximum Gasteiger partial charge on any atom is 0.269 e. The van der Waals surface area contributed by atoms with E-state index in [4.69, 9.17) is 9.98 Å². The molecule has 7 rings (SSSR count). The Morgan fingerprint density at radius 3 is 1.28 bits per heavy atom. The van der Waals surface area contributed by atoms with Crippen LogP contribution in [0.4, 0.5) is 45.5 Å². The van der Waals surface area contributed by atoms with Gasteiger partial charge in [-0.15, -0.1) is 23.5 Å². The van der Waals surface area contributed by atoms with Crippen LogP contribution in [0.5, 0.6) is 11.5 Å². The van der Waals surface area contributed by atoms with E-state index in [9.17, 15) is 30.4 Å². The third kappa shape index (κ3) is 11.8. The summed E-state index contributed by atoms with van der Waals surface area (Å²) in [6.07, 6.45) is 3.19. The van der Waals surface area contributed by atoms with Gasteiger partial charge in [-0.3, -0.25) is 30.2 Å². The number of aliphatic imine (C=N–C) groups is 2. The number of hydrogen-bond donors (Lipinski definition) is 2. The van der Waals surface area contributed by atoms with Gasteiger partial charge >= 0.3 is 0 Å². The highest BCUT2D eigenvalue weighted by Gasteiger charge is 2.15. The monoisotopic (exact) mass is 900 g/mol. The van der Waals surface area contributed by atoms with Gasteiger partial charge in [0.15, 0.2) is 0 Å². The molecular weight excluding hydrogens is 861 g/mol. The van der Waals surface area contributed by atoms with Crippen molar-refractivity contribution in [1.29, 1.82) is 0 Å². The van der Waals surface area contributed by atoms with E-state index in [1.807, 2.05) is 48.5 Å². The highest BCUT2D eigenvalue weighted by molar-refractivity contribution is 7.99. The standard InChI is InChI=1S/C49H40N8O6S2/c1-31-24-32(2)43(30-65-49-11-7-5-9-45(49)51-28-35-26-39(17-23-47(35)59)55-53-37-14-20-41(21-15-37)57(62)63)33(3)42(31)29-64-48-10-6-4-8-44(48)50-27-34-25-38(16-22-46(34)58)54-52-36-12-18-40(19-13-36)56(60)61/h4-28,58-59H,29-30H2,1-3H3. The number of nitro groups is 2. The zero-order valence-corrected chi connectivity index (χ0v) is 36.9. The Morgan fingerprint density at radius 2 is 0.877 bits per heavy atom. The maximum absolute atomic E-state index is 11.0. The lowest BCUT2D eigenvalue weighted by Crippen LogP contribution is -2.00. The van der Waals surface area contributed by atoms with Gasteiger partial charge < -0.3 is 10.2 Å². The number of phenols is 2. The Balaban J connectivity index is 1.02. The number of hydrogen-bond acceptors (Lipinski definition) is 14. The summed E-state index contributed by atoms with van der Waals surface area (Å²) in [5.74, 6) is 1.49. The minimum atomic E-state index is -0.476. The minimum absolute atomic E-state index is 0.0338. The highest BCUT2D eigenvalue weighted by Crippen LogP contribution is 2.38. The largest absolute Gasteiger partial charge is 0.507 e. The predicted octanol–water partition coefficient (Wildman–Crippen LogP) is 14.8. The fourth-order valence-electron chi connectivity index (χ4n) is 6.59. The number of aromatic hydroxyl groups is 2. The van der Waals surface area contributed by atoms with Crippen LogP contribution < -0.4 is 0 Å². The molecule has 0 saturated heterocycles. The first-order valence-corrected chi connectivity index (χ1v) is 22.0. The van der Waals surface area contributed by atoms with E-state index in [1.54, 1.807) is 60.2 Å². The first-order valence-electron chi connectivity index (χ1n) is 20.0. The number of aryl methyl sites for hydroxylation is 2. The second-order valence-electron chi connectivity index (χ2n) is 14.6. The van der Waals surface area contributed by atoms with Gasteiger partial charge in [0.05, 0.1) is 44.0 Å². The Hall–Kier alpha value is -7.82. The predicted molar refractivity (Wildman–Crippen MR) is 258 cm³/mol. The molecule has 0 amide bonds. The maximum atomic E-state index is 11.0. The average Bonchev–Trinajstić information content (AvgIpc) is 3.30. The SMILES string of the molecule is Cc1cc(C)c(CSc2ccccc2N=Cc2cc(N=Nc3ccc([N+](=O)[O-])cc3)ccc2O)c(C)c1CSc1ccccc1N=Cc1cc(N=Nc2ccc([N+](=O)[O-])cc2)ccc1O. The quantitative estimate of drug-likeness (QED) is 0.0313. The van der Waals surface area contributed by atoms with Crippen molar-refractivity contribution < 1.29 is 20.1 Å². The topological polar surface area (TPSA) is 201 Å². The molecular formula is C49H40N8O6S2. The Kier molecular flexibility index (Phi) is 14.6. The molecule has 0 fully saturated rings. The fraction of sp³-hybridized carbons (Fsp3) is 0.102. The molecule has 65 heavy (non-hydrogen) atoms. The summed E-state index contributed by atoms with van der Waals surface area (Å²) in [5, 5.41) is 60.0. The Morgan fingerprint density at radius 1 is 0.508 bits per heavy atom. The molecule has 0 atom stereocenters. The number of benzene rings is 7. The Labute approximate surface area is 382 Å². The average molecular weight is 901 g/mol. The molecule has 0 aliphatic carbocycles. The van der Waals surface area contributed by atoms with Crippen LogP contribution in [-0.4, -0.2) is 32.5 Å². The molecule has 0 spiro atoms. The summed E-state index contributed by atoms with van der Waals surface area (Å²) in [6.45, 7) is 6.44. The normalized spacial score (nSPS) is 11.7. The summed E-state index contributed by atoms with van der Waals surface area (Å²) < 4.78 is 0. The molecule has 7 aromatic carbocycles. The van der Waals surface area contributed by atoms with Gasteiger partial charge in [-0.1, -0.05) is 30.3 Å². The van der Waals surface area contributed by atoms with Crippen molar-refractivity contribution in [3.05, 3.63) is 199 Å². The first kappa shape index (κ1) is 45.2. The smallest absolute Gasteiger partial charge is 0.269 e. The summed E-state index contributed by atoms with van der Waals surface area (Å²) in [7, 11) is 0. The highest BCUT2D eigenvalue weighted by atomic mass is 32.2. The summed E-state index contributed by atoms with van der Waals surface area (Å²) in [5.41, 5.74) is 10.3. The lowest BCUT2D eigenvalue weighted by atomic mass is 9.95. The number of nitrogens with zero attached hydrogens (tertiary/aromatic N) is 8. The van der Waals surface area contributed by atoms with Crippen LogP contribution in [0, 0.1) is 41.0 Å². The molecule has 0 saturated carbocycles. The van der Waals surface area contributed by atoms with Gasteiger partial charge in [0.25, 0.3) is 11.4 Å². The van der Waals surface area contributed by atoms with Gasteiger partial charge in [-0.05, 0) is 134 Å². The van der Waals surface area contributed by atoms with Crippen molar-refractivity contribution in [2.45, 2.75) is 42.1 Å². The van der Waals surface area contributed by atoms with Crippen LogP contribution in [0.3, 0.4) is 0 Å². The van der Waals surface area contributed by atoms with E-state index in [0.717, 1.165) is 21.2 Å². The van der Waals surface area contributed by atoms with Crippen LogP contribution >= 0.6 is 23.5 Å². The second kappa shape index (κ2) is 21.0. The van der Waals surface area contributed by atoms with Gasteiger partial charge in [-0.25, -0.2) is 0 Å². The van der Waals surface area contributed by atoms with Crippen LogP contribution in [0.2, 0.25) is 0 Å². The van der Waals surface area contributed by atoms with E-state index in [1.165, 1.54) is 88.5 Å². The molecule has 0 unspecified atom stereocenters. The van der Waals surface area contributed by atoms with Gasteiger partial charge in [0.2, 0.25) is 0 Å². The molecule has 0 bridgehead atoms. The fourth-order valence-corrected chi connectivity index (χ4v) is 8.97. The zero-order valence-electron chi connectivity index (χ0n) is 35.3. The van der Waals surface area contributed by atoms with Gasteiger partial charge in [-0.2, -0.15) is 20.5 Å². The molecule has 324 valence electrons. The summed E-state index contributed by atoms with van der Waals surface area (Å²) in [6, 6.07) is 39.1. The van der Waals surface area contributed by atoms with Crippen LogP contribution in [0.15, 0.2) is 180 Å². The van der Waals surface area contributed by atoms with Crippen LogP contribution in [0.25, 0.3) is 0 Å². The molecule has 0 aromatic heterocycles. The summed E-state index contributed by atoms with van der Waals surface area (Å²) >= 11 is 3.38. The number of nitro benzene ring substituents is 2. The van der Waals surface area contributed by atoms with Gasteiger partial charge in [0.1, 0.15) is 11.5 Å². The van der Waals surface area contributed by atoms with E-state index >= 15 is 0 Å². The number of azo groups is 2.